The van der Waals surface area contributed by atoms with E-state index < -0.39 is 11.9 Å². The molecule has 0 aliphatic carbocycles. The maximum Gasteiger partial charge on any atom is 0.354 e. The van der Waals surface area contributed by atoms with Crippen molar-refractivity contribution in [2.24, 2.45) is 5.92 Å². The van der Waals surface area contributed by atoms with Crippen LogP contribution in [0.5, 0.6) is 0 Å². The Labute approximate surface area is 145 Å². The zero-order valence-electron chi connectivity index (χ0n) is 14.5. The van der Waals surface area contributed by atoms with Gasteiger partial charge in [-0.15, -0.1) is 0 Å². The topological polar surface area (TPSA) is 58.4 Å². The number of halogens is 2. The van der Waals surface area contributed by atoms with Crippen LogP contribution in [-0.4, -0.2) is 44.5 Å². The Kier molecular flexibility index (Phi) is 4.77. The predicted molar refractivity (Wildman–Crippen MR) is 91.0 cm³/mol. The molecule has 0 atom stereocenters. The number of fused-ring (bicyclic) bond motifs is 1. The molecule has 0 radical (unpaired) electrons. The van der Waals surface area contributed by atoms with E-state index >= 15 is 0 Å². The number of rotatable bonds is 5. The minimum absolute atomic E-state index is 0.00772. The maximum atomic E-state index is 13.7. The molecular formula is C18H23F2N3O2. The monoisotopic (exact) mass is 351 g/mol. The molecular weight excluding hydrogens is 328 g/mol. The summed E-state index contributed by atoms with van der Waals surface area (Å²) in [5, 5.41) is 10.0. The molecule has 3 rings (SSSR count). The molecule has 0 amide bonds. The van der Waals surface area contributed by atoms with Gasteiger partial charge in [-0.2, -0.15) is 0 Å². The standard InChI is InChI=1S/C18H23F2N3O2/c1-12(2)8-23-10-13(9-22-7-3-6-18(19,20)11-22)14-4-5-15(17(24)25)21-16(14)23/h4-5,10,12H,3,6-9,11H2,1-2H3,(H,24,25). The number of pyridine rings is 1. The van der Waals surface area contributed by atoms with Crippen molar-refractivity contribution in [3.63, 3.8) is 0 Å². The Balaban J connectivity index is 1.96. The van der Waals surface area contributed by atoms with Gasteiger partial charge in [0, 0.05) is 31.1 Å². The fourth-order valence-electron chi connectivity index (χ4n) is 3.44. The van der Waals surface area contributed by atoms with E-state index in [9.17, 15) is 18.7 Å². The summed E-state index contributed by atoms with van der Waals surface area (Å²) in [6.45, 7) is 5.67. The Morgan fingerprint density at radius 1 is 1.40 bits per heavy atom. The van der Waals surface area contributed by atoms with Gasteiger partial charge in [0.1, 0.15) is 5.65 Å². The molecule has 0 aromatic carbocycles. The number of hydrogen-bond donors (Lipinski definition) is 1. The highest BCUT2D eigenvalue weighted by Gasteiger charge is 2.35. The molecule has 7 heteroatoms. The number of hydrogen-bond acceptors (Lipinski definition) is 3. The Morgan fingerprint density at radius 2 is 2.16 bits per heavy atom. The fraction of sp³-hybridized carbons (Fsp3) is 0.556. The number of piperidine rings is 1. The van der Waals surface area contributed by atoms with Crippen molar-refractivity contribution in [3.8, 4) is 0 Å². The van der Waals surface area contributed by atoms with E-state index in [1.165, 1.54) is 6.07 Å². The molecule has 5 nitrogen and oxygen atoms in total. The summed E-state index contributed by atoms with van der Waals surface area (Å²) in [6.07, 6.45) is 2.36. The van der Waals surface area contributed by atoms with Crippen molar-refractivity contribution >= 4 is 17.0 Å². The van der Waals surface area contributed by atoms with Crippen molar-refractivity contribution in [2.45, 2.75) is 45.7 Å². The summed E-state index contributed by atoms with van der Waals surface area (Å²) in [6, 6.07) is 3.21. The number of carboxylic acid groups (broad SMARTS) is 1. The number of likely N-dealkylation sites (tertiary alicyclic amines) is 1. The van der Waals surface area contributed by atoms with E-state index in [-0.39, 0.29) is 18.7 Å². The first-order valence-corrected chi connectivity index (χ1v) is 8.57. The zero-order chi connectivity index (χ0) is 18.2. The second-order valence-electron chi connectivity index (χ2n) is 7.24. The third-order valence-corrected chi connectivity index (χ3v) is 4.45. The minimum Gasteiger partial charge on any atom is -0.477 e. The quantitative estimate of drug-likeness (QED) is 0.894. The Morgan fingerprint density at radius 3 is 2.80 bits per heavy atom. The van der Waals surface area contributed by atoms with Crippen LogP contribution in [-0.2, 0) is 13.1 Å². The first kappa shape index (κ1) is 17.8. The summed E-state index contributed by atoms with van der Waals surface area (Å²) in [5.41, 5.74) is 1.51. The van der Waals surface area contributed by atoms with E-state index in [1.54, 1.807) is 11.0 Å². The van der Waals surface area contributed by atoms with Gasteiger partial charge in [0.25, 0.3) is 5.92 Å². The molecule has 3 heterocycles. The molecule has 1 aliphatic heterocycles. The lowest BCUT2D eigenvalue weighted by Gasteiger charge is -2.32. The van der Waals surface area contributed by atoms with Crippen LogP contribution in [0.15, 0.2) is 18.3 Å². The maximum absolute atomic E-state index is 13.7. The van der Waals surface area contributed by atoms with E-state index in [2.05, 4.69) is 18.8 Å². The van der Waals surface area contributed by atoms with Crippen LogP contribution in [0.3, 0.4) is 0 Å². The first-order chi connectivity index (χ1) is 11.7. The number of carbonyl (C=O) groups is 1. The molecule has 1 saturated heterocycles. The molecule has 2 aromatic rings. The second-order valence-corrected chi connectivity index (χ2v) is 7.24. The first-order valence-electron chi connectivity index (χ1n) is 8.57. The summed E-state index contributed by atoms with van der Waals surface area (Å²) < 4.78 is 29.3. The number of alkyl halides is 2. The van der Waals surface area contributed by atoms with Crippen molar-refractivity contribution in [2.75, 3.05) is 13.1 Å². The highest BCUT2D eigenvalue weighted by atomic mass is 19.3. The lowest BCUT2D eigenvalue weighted by Crippen LogP contribution is -2.41. The van der Waals surface area contributed by atoms with Crippen molar-refractivity contribution in [1.82, 2.24) is 14.5 Å². The summed E-state index contributed by atoms with van der Waals surface area (Å²) in [4.78, 5) is 17.2. The molecule has 2 aromatic heterocycles. The van der Waals surface area contributed by atoms with Gasteiger partial charge in [-0.3, -0.25) is 4.90 Å². The van der Waals surface area contributed by atoms with Gasteiger partial charge in [-0.1, -0.05) is 13.8 Å². The molecule has 0 unspecified atom stereocenters. The summed E-state index contributed by atoms with van der Waals surface area (Å²) >= 11 is 0. The molecule has 1 aliphatic rings. The van der Waals surface area contributed by atoms with Crippen LogP contribution in [0, 0.1) is 5.92 Å². The third-order valence-electron chi connectivity index (χ3n) is 4.45. The van der Waals surface area contributed by atoms with E-state index in [0.29, 0.717) is 37.6 Å². The molecule has 0 bridgehead atoms. The number of carboxylic acids is 1. The molecule has 0 saturated carbocycles. The normalized spacial score (nSPS) is 18.1. The number of nitrogens with zero attached hydrogens (tertiary/aromatic N) is 3. The third kappa shape index (κ3) is 3.98. The Bertz CT molecular complexity index is 786. The fourth-order valence-corrected chi connectivity index (χ4v) is 3.44. The van der Waals surface area contributed by atoms with Gasteiger partial charge >= 0.3 is 5.97 Å². The molecule has 25 heavy (non-hydrogen) atoms. The highest BCUT2D eigenvalue weighted by molar-refractivity contribution is 5.90. The lowest BCUT2D eigenvalue weighted by atomic mass is 10.1. The van der Waals surface area contributed by atoms with Crippen molar-refractivity contribution in [3.05, 3.63) is 29.6 Å². The van der Waals surface area contributed by atoms with E-state index in [4.69, 9.17) is 0 Å². The van der Waals surface area contributed by atoms with Crippen LogP contribution in [0.4, 0.5) is 8.78 Å². The van der Waals surface area contributed by atoms with Gasteiger partial charge < -0.3 is 9.67 Å². The highest BCUT2D eigenvalue weighted by Crippen LogP contribution is 2.29. The average Bonchev–Trinajstić information content (AvgIpc) is 2.82. The van der Waals surface area contributed by atoms with Gasteiger partial charge in [0.15, 0.2) is 5.69 Å². The summed E-state index contributed by atoms with van der Waals surface area (Å²) in [7, 11) is 0. The van der Waals surface area contributed by atoms with Crippen LogP contribution < -0.4 is 0 Å². The van der Waals surface area contributed by atoms with Crippen molar-refractivity contribution < 1.29 is 18.7 Å². The average molecular weight is 351 g/mol. The summed E-state index contributed by atoms with van der Waals surface area (Å²) in [5.74, 6) is -3.35. The van der Waals surface area contributed by atoms with E-state index in [1.807, 2.05) is 10.8 Å². The molecule has 1 fully saturated rings. The molecule has 0 spiro atoms. The number of aromatic carboxylic acids is 1. The molecule has 1 N–H and O–H groups in total. The second kappa shape index (κ2) is 6.71. The number of aromatic nitrogens is 2. The van der Waals surface area contributed by atoms with Gasteiger partial charge in [-0.05, 0) is 36.6 Å². The Hall–Kier alpha value is -2.02. The minimum atomic E-state index is -2.64. The largest absolute Gasteiger partial charge is 0.477 e. The molecule has 136 valence electrons. The van der Waals surface area contributed by atoms with Crippen LogP contribution in [0.25, 0.3) is 11.0 Å². The smallest absolute Gasteiger partial charge is 0.354 e. The van der Waals surface area contributed by atoms with E-state index in [0.717, 1.165) is 10.9 Å². The van der Waals surface area contributed by atoms with Gasteiger partial charge in [0.05, 0.1) is 6.54 Å². The van der Waals surface area contributed by atoms with Crippen molar-refractivity contribution in [1.29, 1.82) is 0 Å². The van der Waals surface area contributed by atoms with Crippen LogP contribution >= 0.6 is 0 Å². The van der Waals surface area contributed by atoms with Gasteiger partial charge in [0.2, 0.25) is 0 Å². The van der Waals surface area contributed by atoms with Crippen LogP contribution in [0.2, 0.25) is 0 Å². The predicted octanol–water partition coefficient (Wildman–Crippen LogP) is 3.62. The van der Waals surface area contributed by atoms with Gasteiger partial charge in [-0.25, -0.2) is 18.6 Å². The SMILES string of the molecule is CC(C)Cn1cc(CN2CCCC(F)(F)C2)c2ccc(C(=O)O)nc21. The zero-order valence-corrected chi connectivity index (χ0v) is 14.5. The lowest BCUT2D eigenvalue weighted by molar-refractivity contribution is -0.0660. The van der Waals surface area contributed by atoms with Crippen LogP contribution in [0.1, 0.15) is 42.7 Å².